The van der Waals surface area contributed by atoms with Crippen LogP contribution in [0, 0.1) is 5.82 Å². The van der Waals surface area contributed by atoms with E-state index in [2.05, 4.69) is 6.58 Å². The number of hydrazine groups is 1. The smallest absolute Gasteiger partial charge is 0.338 e. The van der Waals surface area contributed by atoms with E-state index in [1.165, 1.54) is 42.5 Å². The molecule has 3 rings (SSSR count). The maximum atomic E-state index is 13.6. The van der Waals surface area contributed by atoms with Gasteiger partial charge < -0.3 is 4.74 Å². The summed E-state index contributed by atoms with van der Waals surface area (Å²) in [5.74, 6) is -3.52. The summed E-state index contributed by atoms with van der Waals surface area (Å²) in [4.78, 5) is 36.1. The lowest BCUT2D eigenvalue weighted by Gasteiger charge is -2.23. The minimum Gasteiger partial charge on any atom is -0.452 e. The third-order valence-electron chi connectivity index (χ3n) is 4.77. The van der Waals surface area contributed by atoms with Crippen molar-refractivity contribution in [1.82, 2.24) is 10.9 Å². The molecule has 0 fully saturated rings. The van der Waals surface area contributed by atoms with E-state index in [9.17, 15) is 27.2 Å². The fourth-order valence-electron chi connectivity index (χ4n) is 3.05. The van der Waals surface area contributed by atoms with Crippen molar-refractivity contribution in [2.45, 2.75) is 4.90 Å². The zero-order chi connectivity index (χ0) is 26.1. The fourth-order valence-corrected chi connectivity index (χ4v) is 4.54. The van der Waals surface area contributed by atoms with Crippen LogP contribution < -0.4 is 15.2 Å². The summed E-state index contributed by atoms with van der Waals surface area (Å²) in [6, 6.07) is 18.7. The molecule has 11 heteroatoms. The van der Waals surface area contributed by atoms with Crippen molar-refractivity contribution in [2.75, 3.05) is 17.5 Å². The molecule has 0 radical (unpaired) electrons. The summed E-state index contributed by atoms with van der Waals surface area (Å²) in [7, 11) is -4.05. The molecule has 186 valence electrons. The number of rotatable bonds is 9. The van der Waals surface area contributed by atoms with Gasteiger partial charge in [0.25, 0.3) is 21.8 Å². The first-order chi connectivity index (χ1) is 17.2. The molecule has 36 heavy (non-hydrogen) atoms. The zero-order valence-electron chi connectivity index (χ0n) is 18.9. The number of halogens is 1. The Hall–Kier alpha value is -4.51. The molecular formula is C25H22FN3O6S. The molecule has 0 unspecified atom stereocenters. The molecule has 0 spiro atoms. The summed E-state index contributed by atoms with van der Waals surface area (Å²) in [5.41, 5.74) is 4.04. The molecular weight excluding hydrogens is 489 g/mol. The molecule has 0 heterocycles. The van der Waals surface area contributed by atoms with Crippen molar-refractivity contribution < 1.29 is 31.9 Å². The Morgan fingerprint density at radius 3 is 2.33 bits per heavy atom. The lowest BCUT2D eigenvalue weighted by atomic mass is 10.2. The zero-order valence-corrected chi connectivity index (χ0v) is 19.7. The second kappa shape index (κ2) is 11.8. The van der Waals surface area contributed by atoms with Crippen LogP contribution >= 0.6 is 0 Å². The highest BCUT2D eigenvalue weighted by Crippen LogP contribution is 2.24. The molecule has 0 aliphatic carbocycles. The first kappa shape index (κ1) is 26.1. The topological polar surface area (TPSA) is 122 Å². The van der Waals surface area contributed by atoms with Gasteiger partial charge in [0, 0.05) is 0 Å². The predicted octanol–water partition coefficient (Wildman–Crippen LogP) is 2.83. The SMILES string of the molecule is C=CCN(c1ccccc1)S(=O)(=O)c1cccc(C(=O)OCC(=O)NNC(=O)c2ccccc2F)c1. The predicted molar refractivity (Wildman–Crippen MR) is 130 cm³/mol. The van der Waals surface area contributed by atoms with Crippen LogP contribution in [0.4, 0.5) is 10.1 Å². The molecule has 3 aromatic carbocycles. The van der Waals surface area contributed by atoms with Gasteiger partial charge in [0.05, 0.1) is 28.3 Å². The van der Waals surface area contributed by atoms with Crippen LogP contribution in [0.25, 0.3) is 0 Å². The summed E-state index contributed by atoms with van der Waals surface area (Å²) < 4.78 is 46.2. The number of carbonyl (C=O) groups excluding carboxylic acids is 3. The lowest BCUT2D eigenvalue weighted by molar-refractivity contribution is -0.125. The molecule has 0 bridgehead atoms. The van der Waals surface area contributed by atoms with Crippen molar-refractivity contribution in [3.8, 4) is 0 Å². The highest BCUT2D eigenvalue weighted by atomic mass is 32.2. The first-order valence-corrected chi connectivity index (χ1v) is 12.0. The van der Waals surface area contributed by atoms with E-state index in [0.717, 1.165) is 16.4 Å². The number of hydrogen-bond donors (Lipinski definition) is 2. The minimum absolute atomic E-state index is 0.000205. The van der Waals surface area contributed by atoms with Crippen molar-refractivity contribution in [2.24, 2.45) is 0 Å². The average Bonchev–Trinajstić information content (AvgIpc) is 2.89. The Morgan fingerprint density at radius 1 is 0.944 bits per heavy atom. The first-order valence-electron chi connectivity index (χ1n) is 10.5. The highest BCUT2D eigenvalue weighted by Gasteiger charge is 2.25. The van der Waals surface area contributed by atoms with Crippen molar-refractivity contribution in [3.63, 3.8) is 0 Å². The number of para-hydroxylation sites is 1. The normalized spacial score (nSPS) is 10.7. The third kappa shape index (κ3) is 6.33. The van der Waals surface area contributed by atoms with Gasteiger partial charge in [0.2, 0.25) is 0 Å². The number of nitrogens with one attached hydrogen (secondary N) is 2. The number of hydrogen-bond acceptors (Lipinski definition) is 6. The Bertz CT molecular complexity index is 1380. The molecule has 0 aliphatic heterocycles. The van der Waals surface area contributed by atoms with E-state index in [4.69, 9.17) is 4.74 Å². The van der Waals surface area contributed by atoms with Crippen LogP contribution in [0.5, 0.6) is 0 Å². The Morgan fingerprint density at radius 2 is 1.64 bits per heavy atom. The number of esters is 1. The van der Waals surface area contributed by atoms with Crippen LogP contribution in [0.3, 0.4) is 0 Å². The van der Waals surface area contributed by atoms with Gasteiger partial charge in [-0.05, 0) is 42.5 Å². The third-order valence-corrected chi connectivity index (χ3v) is 6.55. The Kier molecular flexibility index (Phi) is 8.52. The van der Waals surface area contributed by atoms with Crippen molar-refractivity contribution >= 4 is 33.5 Å². The van der Waals surface area contributed by atoms with Crippen LogP contribution in [-0.4, -0.2) is 39.4 Å². The molecule has 9 nitrogen and oxygen atoms in total. The summed E-state index contributed by atoms with van der Waals surface area (Å²) >= 11 is 0. The highest BCUT2D eigenvalue weighted by molar-refractivity contribution is 7.92. The Labute approximate surface area is 207 Å². The van der Waals surface area contributed by atoms with Gasteiger partial charge in [-0.25, -0.2) is 17.6 Å². The molecule has 3 aromatic rings. The number of anilines is 1. The van der Waals surface area contributed by atoms with Crippen LogP contribution in [0.15, 0.2) is 96.4 Å². The minimum atomic E-state index is -4.05. The van der Waals surface area contributed by atoms with E-state index < -0.39 is 40.2 Å². The van der Waals surface area contributed by atoms with Gasteiger partial charge in [0.1, 0.15) is 5.82 Å². The maximum Gasteiger partial charge on any atom is 0.338 e. The van der Waals surface area contributed by atoms with Crippen molar-refractivity contribution in [1.29, 1.82) is 0 Å². The van der Waals surface area contributed by atoms with Gasteiger partial charge >= 0.3 is 5.97 Å². The van der Waals surface area contributed by atoms with Crippen molar-refractivity contribution in [3.05, 3.63) is 108 Å². The summed E-state index contributed by atoms with van der Waals surface area (Å²) in [5, 5.41) is 0. The van der Waals surface area contributed by atoms with E-state index in [1.54, 1.807) is 30.3 Å². The quantitative estimate of drug-likeness (QED) is 0.259. The van der Waals surface area contributed by atoms with Crippen LogP contribution in [-0.2, 0) is 19.6 Å². The molecule has 2 N–H and O–H groups in total. The maximum absolute atomic E-state index is 13.6. The van der Waals surface area contributed by atoms with E-state index in [-0.39, 0.29) is 22.6 Å². The molecule has 0 saturated heterocycles. The number of amides is 2. The van der Waals surface area contributed by atoms with Gasteiger partial charge in [0.15, 0.2) is 6.61 Å². The van der Waals surface area contributed by atoms with E-state index in [0.29, 0.717) is 5.69 Å². The average molecular weight is 512 g/mol. The monoisotopic (exact) mass is 511 g/mol. The molecule has 0 aliphatic rings. The van der Waals surface area contributed by atoms with Gasteiger partial charge in [-0.2, -0.15) is 0 Å². The Balaban J connectivity index is 1.64. The number of sulfonamides is 1. The van der Waals surface area contributed by atoms with E-state index >= 15 is 0 Å². The van der Waals surface area contributed by atoms with Gasteiger partial charge in [-0.3, -0.25) is 24.7 Å². The second-order valence-corrected chi connectivity index (χ2v) is 9.11. The second-order valence-electron chi connectivity index (χ2n) is 7.25. The van der Waals surface area contributed by atoms with Crippen LogP contribution in [0.2, 0.25) is 0 Å². The fraction of sp³-hybridized carbons (Fsp3) is 0.0800. The molecule has 0 saturated carbocycles. The number of nitrogens with zero attached hydrogens (tertiary/aromatic N) is 1. The number of benzene rings is 3. The molecule has 2 amide bonds. The van der Waals surface area contributed by atoms with Crippen LogP contribution in [0.1, 0.15) is 20.7 Å². The lowest BCUT2D eigenvalue weighted by Crippen LogP contribution is -2.43. The number of ether oxygens (including phenoxy) is 1. The van der Waals surface area contributed by atoms with Gasteiger partial charge in [-0.1, -0.05) is 42.5 Å². The summed E-state index contributed by atoms with van der Waals surface area (Å²) in [6.45, 7) is 2.83. The summed E-state index contributed by atoms with van der Waals surface area (Å²) in [6.07, 6.45) is 1.44. The molecule has 0 atom stereocenters. The number of carbonyl (C=O) groups is 3. The van der Waals surface area contributed by atoms with Gasteiger partial charge in [-0.15, -0.1) is 6.58 Å². The molecule has 0 aromatic heterocycles. The largest absolute Gasteiger partial charge is 0.452 e. The standard InChI is InChI=1S/C25H22FN3O6S/c1-2-15-29(19-10-4-3-5-11-19)36(33,34)20-12-8-9-18(16-20)25(32)35-17-23(30)27-28-24(31)21-13-6-7-14-22(21)26/h2-14,16H,1,15,17H2,(H,27,30)(H,28,31). The van der Waals surface area contributed by atoms with E-state index in [1.807, 2.05) is 10.9 Å².